The summed E-state index contributed by atoms with van der Waals surface area (Å²) < 4.78 is 10.5. The maximum atomic E-state index is 9.76. The van der Waals surface area contributed by atoms with E-state index in [2.05, 4.69) is 0 Å². The molecule has 102 valence electrons. The van der Waals surface area contributed by atoms with E-state index < -0.39 is 6.10 Å². The molecule has 1 atom stereocenters. The molecule has 0 spiro atoms. The highest BCUT2D eigenvalue weighted by molar-refractivity contribution is 7.99. The lowest BCUT2D eigenvalue weighted by atomic mass is 10.3. The van der Waals surface area contributed by atoms with Gasteiger partial charge in [0.1, 0.15) is 5.75 Å². The number of anilines is 1. The standard InChI is InChI=1S/C13H21NO3S/c1-9(2)17-7-10(15)8-18-13-6-11(16-3)4-5-12(13)14/h4-6,9-10,15H,7-8,14H2,1-3H3. The fourth-order valence-corrected chi connectivity index (χ4v) is 2.21. The zero-order chi connectivity index (χ0) is 13.5. The Labute approximate surface area is 112 Å². The zero-order valence-electron chi connectivity index (χ0n) is 11.1. The Morgan fingerprint density at radius 3 is 2.72 bits per heavy atom. The van der Waals surface area contributed by atoms with E-state index in [0.29, 0.717) is 18.0 Å². The van der Waals surface area contributed by atoms with Crippen LogP contribution in [0.4, 0.5) is 5.69 Å². The van der Waals surface area contributed by atoms with Gasteiger partial charge in [-0.3, -0.25) is 0 Å². The predicted molar refractivity (Wildman–Crippen MR) is 75.2 cm³/mol. The van der Waals surface area contributed by atoms with Crippen molar-refractivity contribution in [1.29, 1.82) is 0 Å². The van der Waals surface area contributed by atoms with Gasteiger partial charge in [0, 0.05) is 16.3 Å². The lowest BCUT2D eigenvalue weighted by Gasteiger charge is -2.14. The molecule has 0 aromatic heterocycles. The number of benzene rings is 1. The number of nitrogens with two attached hydrogens (primary N) is 1. The summed E-state index contributed by atoms with van der Waals surface area (Å²) in [7, 11) is 1.62. The van der Waals surface area contributed by atoms with Gasteiger partial charge in [0.2, 0.25) is 0 Å². The molecule has 0 amide bonds. The molecule has 0 aliphatic rings. The van der Waals surface area contributed by atoms with Crippen LogP contribution in [-0.4, -0.2) is 36.8 Å². The molecule has 18 heavy (non-hydrogen) atoms. The largest absolute Gasteiger partial charge is 0.497 e. The molecule has 0 bridgehead atoms. The normalized spacial score (nSPS) is 12.7. The first-order chi connectivity index (χ1) is 8.52. The minimum absolute atomic E-state index is 0.131. The number of aliphatic hydroxyl groups excluding tert-OH is 1. The summed E-state index contributed by atoms with van der Waals surface area (Å²) in [5.41, 5.74) is 6.56. The van der Waals surface area contributed by atoms with E-state index in [1.165, 1.54) is 11.8 Å². The van der Waals surface area contributed by atoms with Crippen molar-refractivity contribution in [2.75, 3.05) is 25.2 Å². The van der Waals surface area contributed by atoms with Crippen LogP contribution in [0.25, 0.3) is 0 Å². The highest BCUT2D eigenvalue weighted by Gasteiger charge is 2.09. The molecule has 0 aliphatic heterocycles. The van der Waals surface area contributed by atoms with Crippen LogP contribution in [-0.2, 0) is 4.74 Å². The number of hydrogen-bond acceptors (Lipinski definition) is 5. The topological polar surface area (TPSA) is 64.7 Å². The van der Waals surface area contributed by atoms with Crippen molar-refractivity contribution in [3.05, 3.63) is 18.2 Å². The van der Waals surface area contributed by atoms with Crippen LogP contribution in [0.1, 0.15) is 13.8 Å². The number of hydrogen-bond donors (Lipinski definition) is 2. The average molecular weight is 271 g/mol. The van der Waals surface area contributed by atoms with E-state index in [-0.39, 0.29) is 6.10 Å². The first kappa shape index (κ1) is 15.1. The Bertz CT molecular complexity index is 371. The second kappa shape index (κ2) is 7.51. The third-order valence-electron chi connectivity index (χ3n) is 2.27. The first-order valence-corrected chi connectivity index (χ1v) is 6.87. The monoisotopic (exact) mass is 271 g/mol. The second-order valence-corrected chi connectivity index (χ2v) is 5.31. The molecule has 0 fully saturated rings. The molecule has 5 heteroatoms. The van der Waals surface area contributed by atoms with E-state index in [4.69, 9.17) is 15.2 Å². The predicted octanol–water partition coefficient (Wildman–Crippen LogP) is 2.16. The summed E-state index contributed by atoms with van der Waals surface area (Å²) in [5.74, 6) is 1.31. The SMILES string of the molecule is COc1ccc(N)c(SCC(O)COC(C)C)c1. The van der Waals surface area contributed by atoms with Crippen molar-refractivity contribution in [1.82, 2.24) is 0 Å². The fourth-order valence-electron chi connectivity index (χ4n) is 1.30. The van der Waals surface area contributed by atoms with Crippen LogP contribution in [0.2, 0.25) is 0 Å². The van der Waals surface area contributed by atoms with Gasteiger partial charge in [-0.25, -0.2) is 0 Å². The van der Waals surface area contributed by atoms with E-state index in [0.717, 1.165) is 10.6 Å². The molecular formula is C13H21NO3S. The van der Waals surface area contributed by atoms with Crippen molar-refractivity contribution in [3.8, 4) is 5.75 Å². The maximum Gasteiger partial charge on any atom is 0.120 e. The average Bonchev–Trinajstić information content (AvgIpc) is 2.35. The fraction of sp³-hybridized carbons (Fsp3) is 0.538. The van der Waals surface area contributed by atoms with Crippen molar-refractivity contribution < 1.29 is 14.6 Å². The molecule has 1 aromatic rings. The number of rotatable bonds is 7. The van der Waals surface area contributed by atoms with Crippen LogP contribution in [0.15, 0.2) is 23.1 Å². The molecule has 1 unspecified atom stereocenters. The Morgan fingerprint density at radius 1 is 1.39 bits per heavy atom. The molecule has 4 nitrogen and oxygen atoms in total. The van der Waals surface area contributed by atoms with Crippen molar-refractivity contribution in [2.24, 2.45) is 0 Å². The van der Waals surface area contributed by atoms with Gasteiger partial charge < -0.3 is 20.3 Å². The summed E-state index contributed by atoms with van der Waals surface area (Å²) in [6.07, 6.45) is -0.366. The third-order valence-corrected chi connectivity index (χ3v) is 3.49. The van der Waals surface area contributed by atoms with Crippen LogP contribution in [0.5, 0.6) is 5.75 Å². The summed E-state index contributed by atoms with van der Waals surface area (Å²) in [4.78, 5) is 0.915. The van der Waals surface area contributed by atoms with Gasteiger partial charge in [-0.1, -0.05) is 0 Å². The highest BCUT2D eigenvalue weighted by Crippen LogP contribution is 2.29. The van der Waals surface area contributed by atoms with E-state index in [1.807, 2.05) is 26.0 Å². The lowest BCUT2D eigenvalue weighted by Crippen LogP contribution is -2.20. The smallest absolute Gasteiger partial charge is 0.120 e. The van der Waals surface area contributed by atoms with Gasteiger partial charge in [-0.2, -0.15) is 0 Å². The number of nitrogen functional groups attached to an aromatic ring is 1. The molecule has 0 heterocycles. The molecule has 0 saturated carbocycles. The quantitative estimate of drug-likeness (QED) is 0.587. The van der Waals surface area contributed by atoms with E-state index >= 15 is 0 Å². The van der Waals surface area contributed by atoms with Gasteiger partial charge in [0.15, 0.2) is 0 Å². The van der Waals surface area contributed by atoms with Crippen molar-refractivity contribution in [2.45, 2.75) is 31.0 Å². The van der Waals surface area contributed by atoms with Gasteiger partial charge in [0.25, 0.3) is 0 Å². The summed E-state index contributed by atoms with van der Waals surface area (Å²) in [6, 6.07) is 5.49. The van der Waals surface area contributed by atoms with Crippen molar-refractivity contribution in [3.63, 3.8) is 0 Å². The minimum atomic E-state index is -0.497. The summed E-state index contributed by atoms with van der Waals surface area (Å²) >= 11 is 1.50. The Balaban J connectivity index is 2.47. The zero-order valence-corrected chi connectivity index (χ0v) is 11.9. The van der Waals surface area contributed by atoms with Gasteiger partial charge in [0.05, 0.1) is 25.9 Å². The molecule has 0 aliphatic carbocycles. The molecule has 1 rings (SSSR count). The Hall–Kier alpha value is -0.910. The van der Waals surface area contributed by atoms with Gasteiger partial charge >= 0.3 is 0 Å². The number of thioether (sulfide) groups is 1. The van der Waals surface area contributed by atoms with E-state index in [1.54, 1.807) is 13.2 Å². The number of ether oxygens (including phenoxy) is 2. The molecule has 0 radical (unpaired) electrons. The molecular weight excluding hydrogens is 250 g/mol. The first-order valence-electron chi connectivity index (χ1n) is 5.89. The maximum absolute atomic E-state index is 9.76. The summed E-state index contributed by atoms with van der Waals surface area (Å²) in [6.45, 7) is 4.23. The molecule has 3 N–H and O–H groups in total. The van der Waals surface area contributed by atoms with Crippen LogP contribution < -0.4 is 10.5 Å². The highest BCUT2D eigenvalue weighted by atomic mass is 32.2. The second-order valence-electron chi connectivity index (χ2n) is 4.25. The van der Waals surface area contributed by atoms with Gasteiger partial charge in [-0.15, -0.1) is 11.8 Å². The summed E-state index contributed by atoms with van der Waals surface area (Å²) in [5, 5.41) is 9.76. The molecule has 0 saturated heterocycles. The van der Waals surface area contributed by atoms with Crippen LogP contribution in [0, 0.1) is 0 Å². The lowest BCUT2D eigenvalue weighted by molar-refractivity contribution is 0.0152. The van der Waals surface area contributed by atoms with E-state index in [9.17, 15) is 5.11 Å². The Morgan fingerprint density at radius 2 is 2.11 bits per heavy atom. The van der Waals surface area contributed by atoms with Crippen molar-refractivity contribution >= 4 is 17.4 Å². The van der Waals surface area contributed by atoms with Gasteiger partial charge in [-0.05, 0) is 32.0 Å². The minimum Gasteiger partial charge on any atom is -0.497 e. The third kappa shape index (κ3) is 5.16. The Kier molecular flexibility index (Phi) is 6.32. The molecule has 1 aromatic carbocycles. The number of aliphatic hydroxyl groups is 1. The number of methoxy groups -OCH3 is 1. The van der Waals surface area contributed by atoms with Crippen LogP contribution >= 0.6 is 11.8 Å². The van der Waals surface area contributed by atoms with Crippen LogP contribution in [0.3, 0.4) is 0 Å².